The number of thiophene rings is 1. The van der Waals surface area contributed by atoms with Gasteiger partial charge < -0.3 is 15.1 Å². The van der Waals surface area contributed by atoms with Crippen LogP contribution in [0.4, 0.5) is 4.79 Å². The van der Waals surface area contributed by atoms with E-state index in [-0.39, 0.29) is 24.5 Å². The van der Waals surface area contributed by atoms with Gasteiger partial charge in [0.25, 0.3) is 0 Å². The number of carbonyl (C=O) groups is 2. The van der Waals surface area contributed by atoms with E-state index in [1.165, 1.54) is 29.0 Å². The van der Waals surface area contributed by atoms with Crippen LogP contribution in [0.5, 0.6) is 0 Å². The fourth-order valence-corrected chi connectivity index (χ4v) is 5.08. The van der Waals surface area contributed by atoms with Crippen LogP contribution >= 0.6 is 11.3 Å². The van der Waals surface area contributed by atoms with Gasteiger partial charge in [-0.2, -0.15) is 0 Å². The van der Waals surface area contributed by atoms with Crippen LogP contribution in [0, 0.1) is 6.92 Å². The maximum absolute atomic E-state index is 13.4. The molecular weight excluding hydrogens is 418 g/mol. The minimum atomic E-state index is -0.0923. The molecule has 32 heavy (non-hydrogen) atoms. The largest absolute Gasteiger partial charge is 0.335 e. The summed E-state index contributed by atoms with van der Waals surface area (Å²) in [5, 5.41) is 3.19. The van der Waals surface area contributed by atoms with Gasteiger partial charge in [0.2, 0.25) is 5.91 Å². The maximum Gasteiger partial charge on any atom is 0.318 e. The van der Waals surface area contributed by atoms with Gasteiger partial charge >= 0.3 is 6.03 Å². The highest BCUT2D eigenvalue weighted by Crippen LogP contribution is 2.20. The topological polar surface area (TPSA) is 52.7 Å². The number of nitrogens with one attached hydrogen (secondary N) is 1. The Labute approximate surface area is 196 Å². The van der Waals surface area contributed by atoms with Gasteiger partial charge in [-0.1, -0.05) is 62.9 Å². The van der Waals surface area contributed by atoms with Crippen LogP contribution in [0.1, 0.15) is 67.2 Å². The number of rotatable bonds is 10. The van der Waals surface area contributed by atoms with Gasteiger partial charge in [-0.15, -0.1) is 11.3 Å². The Bertz CT molecular complexity index is 846. The van der Waals surface area contributed by atoms with Crippen LogP contribution in [0.2, 0.25) is 0 Å². The maximum atomic E-state index is 13.4. The number of carbonyl (C=O) groups excluding carboxylic acids is 2. The van der Waals surface area contributed by atoms with Crippen LogP contribution in [0.25, 0.3) is 0 Å². The average Bonchev–Trinajstić information content (AvgIpc) is 3.22. The summed E-state index contributed by atoms with van der Waals surface area (Å²) < 4.78 is 0. The molecule has 5 nitrogen and oxygen atoms in total. The zero-order valence-corrected chi connectivity index (χ0v) is 20.3. The van der Waals surface area contributed by atoms with E-state index in [0.717, 1.165) is 31.2 Å². The smallest absolute Gasteiger partial charge is 0.318 e. The molecule has 0 aliphatic heterocycles. The highest BCUT2D eigenvalue weighted by Gasteiger charge is 2.24. The van der Waals surface area contributed by atoms with Gasteiger partial charge in [0.05, 0.1) is 6.54 Å². The van der Waals surface area contributed by atoms with Crippen LogP contribution in [0.3, 0.4) is 0 Å². The number of unbranched alkanes of at least 4 members (excludes halogenated alkanes) is 1. The highest BCUT2D eigenvalue weighted by atomic mass is 32.1. The number of urea groups is 1. The Morgan fingerprint density at radius 2 is 1.75 bits per heavy atom. The van der Waals surface area contributed by atoms with Gasteiger partial charge in [0.15, 0.2) is 0 Å². The lowest BCUT2D eigenvalue weighted by Crippen LogP contribution is -2.49. The van der Waals surface area contributed by atoms with E-state index in [4.69, 9.17) is 0 Å². The summed E-state index contributed by atoms with van der Waals surface area (Å²) in [5.41, 5.74) is 1.10. The minimum absolute atomic E-state index is 0.00481. The average molecular weight is 456 g/mol. The van der Waals surface area contributed by atoms with Crippen molar-refractivity contribution in [1.82, 2.24) is 15.1 Å². The Kier molecular flexibility index (Phi) is 9.60. The molecule has 1 aromatic carbocycles. The molecule has 1 heterocycles. The molecule has 0 atom stereocenters. The van der Waals surface area contributed by atoms with Crippen LogP contribution in [-0.4, -0.2) is 40.9 Å². The first-order valence-electron chi connectivity index (χ1n) is 12.0. The number of aryl methyl sites for hydroxylation is 1. The summed E-state index contributed by atoms with van der Waals surface area (Å²) in [5.74, 6) is -0.00481. The molecule has 0 radical (unpaired) electrons. The first kappa shape index (κ1) is 24.3. The van der Waals surface area contributed by atoms with Gasteiger partial charge in [0, 0.05) is 28.9 Å². The minimum Gasteiger partial charge on any atom is -0.335 e. The van der Waals surface area contributed by atoms with Crippen LogP contribution in [-0.2, 0) is 17.9 Å². The van der Waals surface area contributed by atoms with Crippen molar-refractivity contribution >= 4 is 23.3 Å². The Hall–Kier alpha value is -2.34. The van der Waals surface area contributed by atoms with Crippen LogP contribution in [0.15, 0.2) is 42.5 Å². The summed E-state index contributed by atoms with van der Waals surface area (Å²) in [6.07, 6.45) is 7.56. The predicted molar refractivity (Wildman–Crippen MR) is 132 cm³/mol. The molecule has 0 bridgehead atoms. The molecule has 0 spiro atoms. The summed E-state index contributed by atoms with van der Waals surface area (Å²) in [7, 11) is 0. The van der Waals surface area contributed by atoms with Gasteiger partial charge in [-0.25, -0.2) is 4.79 Å². The van der Waals surface area contributed by atoms with Crippen molar-refractivity contribution in [2.24, 2.45) is 0 Å². The van der Waals surface area contributed by atoms with E-state index < -0.39 is 0 Å². The van der Waals surface area contributed by atoms with E-state index in [2.05, 4.69) is 31.3 Å². The summed E-state index contributed by atoms with van der Waals surface area (Å²) in [6.45, 7) is 6.04. The van der Waals surface area contributed by atoms with Crippen molar-refractivity contribution < 1.29 is 9.59 Å². The SMILES string of the molecule is CCCCN(CC(=O)N(Cc1ccccc1)Cc1ccc(C)s1)C(=O)NC1CCCCC1. The van der Waals surface area contributed by atoms with E-state index in [0.29, 0.717) is 19.6 Å². The third kappa shape index (κ3) is 7.66. The Balaban J connectivity index is 1.69. The van der Waals surface area contributed by atoms with Crippen molar-refractivity contribution in [3.8, 4) is 0 Å². The first-order chi connectivity index (χ1) is 15.5. The molecule has 3 amide bonds. The first-order valence-corrected chi connectivity index (χ1v) is 12.8. The molecule has 1 aliphatic rings. The zero-order chi connectivity index (χ0) is 22.8. The molecule has 1 fully saturated rings. The molecular formula is C26H37N3O2S. The molecule has 0 unspecified atom stereocenters. The van der Waals surface area contributed by atoms with Crippen molar-refractivity contribution in [1.29, 1.82) is 0 Å². The van der Waals surface area contributed by atoms with E-state index in [1.54, 1.807) is 16.2 Å². The molecule has 1 saturated carbocycles. The molecule has 1 aromatic heterocycles. The number of nitrogens with zero attached hydrogens (tertiary/aromatic N) is 2. The quantitative estimate of drug-likeness (QED) is 0.497. The third-order valence-corrected chi connectivity index (χ3v) is 7.02. The van der Waals surface area contributed by atoms with E-state index >= 15 is 0 Å². The van der Waals surface area contributed by atoms with Crippen LogP contribution < -0.4 is 5.32 Å². The van der Waals surface area contributed by atoms with Crippen molar-refractivity contribution in [3.05, 3.63) is 57.8 Å². The molecule has 1 aliphatic carbocycles. The summed E-state index contributed by atoms with van der Waals surface area (Å²) in [6, 6.07) is 14.4. The Morgan fingerprint density at radius 1 is 1.00 bits per heavy atom. The second-order valence-electron chi connectivity index (χ2n) is 8.81. The molecule has 174 valence electrons. The predicted octanol–water partition coefficient (Wildman–Crippen LogP) is 5.73. The molecule has 3 rings (SSSR count). The lowest BCUT2D eigenvalue weighted by molar-refractivity contribution is -0.133. The monoisotopic (exact) mass is 455 g/mol. The Morgan fingerprint density at radius 3 is 2.41 bits per heavy atom. The molecule has 0 saturated heterocycles. The number of benzene rings is 1. The van der Waals surface area contributed by atoms with E-state index in [1.807, 2.05) is 35.2 Å². The molecule has 2 aromatic rings. The standard InChI is InChI=1S/C26H37N3O2S/c1-3-4-17-28(26(31)27-23-13-9-6-10-14-23)20-25(30)29(18-22-11-7-5-8-12-22)19-24-16-15-21(2)32-24/h5,7-8,11-12,15-16,23H,3-4,6,9-10,13-14,17-20H2,1-2H3,(H,27,31). The third-order valence-electron chi connectivity index (χ3n) is 6.04. The fraction of sp³-hybridized carbons (Fsp3) is 0.538. The fourth-order valence-electron chi connectivity index (χ4n) is 4.17. The highest BCUT2D eigenvalue weighted by molar-refractivity contribution is 7.11. The number of amides is 3. The van der Waals surface area contributed by atoms with Gasteiger partial charge in [0.1, 0.15) is 6.54 Å². The number of hydrogen-bond donors (Lipinski definition) is 1. The van der Waals surface area contributed by atoms with Crippen molar-refractivity contribution in [2.75, 3.05) is 13.1 Å². The second kappa shape index (κ2) is 12.6. The zero-order valence-electron chi connectivity index (χ0n) is 19.5. The van der Waals surface area contributed by atoms with E-state index in [9.17, 15) is 9.59 Å². The molecule has 1 N–H and O–H groups in total. The van der Waals surface area contributed by atoms with Gasteiger partial charge in [-0.3, -0.25) is 4.79 Å². The lowest BCUT2D eigenvalue weighted by Gasteiger charge is -2.30. The van der Waals surface area contributed by atoms with Crippen molar-refractivity contribution in [2.45, 2.75) is 77.9 Å². The number of hydrogen-bond acceptors (Lipinski definition) is 3. The van der Waals surface area contributed by atoms with Crippen molar-refractivity contribution in [3.63, 3.8) is 0 Å². The summed E-state index contributed by atoms with van der Waals surface area (Å²) >= 11 is 1.72. The normalized spacial score (nSPS) is 14.2. The second-order valence-corrected chi connectivity index (χ2v) is 10.2. The van der Waals surface area contributed by atoms with Gasteiger partial charge in [-0.05, 0) is 43.9 Å². The molecule has 6 heteroatoms. The summed E-state index contributed by atoms with van der Waals surface area (Å²) in [4.78, 5) is 32.5. The lowest BCUT2D eigenvalue weighted by atomic mass is 9.96.